The number of aromatic nitrogens is 2. The van der Waals surface area contributed by atoms with Crippen LogP contribution < -0.4 is 21.3 Å². The zero-order chi connectivity index (χ0) is 20.2. The van der Waals surface area contributed by atoms with Gasteiger partial charge in [-0.25, -0.2) is 4.98 Å². The second kappa shape index (κ2) is 8.78. The van der Waals surface area contributed by atoms with E-state index in [4.69, 9.17) is 21.1 Å². The first-order valence-electron chi connectivity index (χ1n) is 10.6. The predicted molar refractivity (Wildman–Crippen MR) is 119 cm³/mol. The van der Waals surface area contributed by atoms with Gasteiger partial charge in [0.15, 0.2) is 0 Å². The summed E-state index contributed by atoms with van der Waals surface area (Å²) in [5.41, 5.74) is 9.01. The number of aryl methyl sites for hydroxylation is 1. The first-order valence-corrected chi connectivity index (χ1v) is 10.6. The van der Waals surface area contributed by atoms with E-state index in [-0.39, 0.29) is 0 Å². The summed E-state index contributed by atoms with van der Waals surface area (Å²) < 4.78 is 0. The summed E-state index contributed by atoms with van der Waals surface area (Å²) in [7, 11) is 0. The summed E-state index contributed by atoms with van der Waals surface area (Å²) in [5, 5.41) is 14.4. The van der Waals surface area contributed by atoms with Crippen molar-refractivity contribution < 1.29 is 0 Å². The van der Waals surface area contributed by atoms with E-state index in [1.165, 1.54) is 31.9 Å². The van der Waals surface area contributed by atoms with Crippen LogP contribution in [0.1, 0.15) is 36.9 Å². The second-order valence-corrected chi connectivity index (χ2v) is 8.26. The third-order valence-corrected chi connectivity index (χ3v) is 6.10. The predicted octanol–water partition coefficient (Wildman–Crippen LogP) is 3.32. The largest absolute Gasteiger partial charge is 0.398 e. The number of hydrogen-bond donors (Lipinski definition) is 4. The third kappa shape index (κ3) is 4.67. The highest BCUT2D eigenvalue weighted by atomic mass is 15.3. The summed E-state index contributed by atoms with van der Waals surface area (Å²) in [4.78, 5) is 11.9. The van der Waals surface area contributed by atoms with Crippen molar-refractivity contribution in [1.82, 2.24) is 15.3 Å². The van der Waals surface area contributed by atoms with Gasteiger partial charge in [0.05, 0.1) is 0 Å². The Morgan fingerprint density at radius 2 is 2.07 bits per heavy atom. The molecule has 0 saturated carbocycles. The normalized spacial score (nSPS) is 22.3. The molecule has 2 saturated heterocycles. The summed E-state index contributed by atoms with van der Waals surface area (Å²) in [5.74, 6) is 3.06. The lowest BCUT2D eigenvalue weighted by atomic mass is 9.81. The van der Waals surface area contributed by atoms with Crippen molar-refractivity contribution in [3.05, 3.63) is 35.5 Å². The molecular weight excluding hydrogens is 362 g/mol. The Bertz CT molecular complexity index is 860. The maximum atomic E-state index is 7.50. The van der Waals surface area contributed by atoms with E-state index in [2.05, 4.69) is 15.5 Å². The van der Waals surface area contributed by atoms with Crippen LogP contribution in [-0.4, -0.2) is 42.4 Å². The van der Waals surface area contributed by atoms with Gasteiger partial charge in [0, 0.05) is 48.0 Å². The molecule has 0 bridgehead atoms. The minimum Gasteiger partial charge on any atom is -0.398 e. The summed E-state index contributed by atoms with van der Waals surface area (Å²) in [6.45, 7) is 6.36. The van der Waals surface area contributed by atoms with E-state index in [0.29, 0.717) is 17.2 Å². The zero-order valence-corrected chi connectivity index (χ0v) is 17.1. The summed E-state index contributed by atoms with van der Waals surface area (Å²) >= 11 is 0. The molecule has 154 valence electrons. The third-order valence-electron chi connectivity index (χ3n) is 6.10. The minimum atomic E-state index is 0.599. The van der Waals surface area contributed by atoms with Gasteiger partial charge in [0.25, 0.3) is 0 Å². The van der Waals surface area contributed by atoms with Gasteiger partial charge < -0.3 is 26.7 Å². The van der Waals surface area contributed by atoms with Gasteiger partial charge in [0.2, 0.25) is 5.95 Å². The van der Waals surface area contributed by atoms with Crippen LogP contribution in [0.15, 0.2) is 24.3 Å². The van der Waals surface area contributed by atoms with Crippen molar-refractivity contribution in [3.63, 3.8) is 0 Å². The first kappa shape index (κ1) is 19.6. The molecule has 1 aromatic heterocycles. The van der Waals surface area contributed by atoms with E-state index >= 15 is 0 Å². The van der Waals surface area contributed by atoms with E-state index in [1.54, 1.807) is 0 Å². The maximum absolute atomic E-state index is 7.50. The van der Waals surface area contributed by atoms with Crippen LogP contribution in [0.2, 0.25) is 0 Å². The fourth-order valence-corrected chi connectivity index (χ4v) is 4.54. The molecule has 29 heavy (non-hydrogen) atoms. The molecule has 4 rings (SSSR count). The molecule has 2 aliphatic rings. The number of nitrogens with zero attached hydrogens (tertiary/aromatic N) is 3. The zero-order valence-electron chi connectivity index (χ0n) is 17.1. The fraction of sp³-hybridized carbons (Fsp3) is 0.500. The smallest absolute Gasteiger partial charge is 0.227 e. The summed E-state index contributed by atoms with van der Waals surface area (Å²) in [6.07, 6.45) is 6.39. The Hall–Kier alpha value is -2.67. The lowest BCUT2D eigenvalue weighted by molar-refractivity contribution is 0.233. The molecule has 2 unspecified atom stereocenters. The SMILES string of the molecule is Cc1cc(Nc2ccc(N)c(C=N)c2)nc(N2CCCC(C3CCCNC3)C2)n1. The number of nitrogens with two attached hydrogens (primary N) is 1. The molecule has 5 N–H and O–H groups in total. The van der Waals surface area contributed by atoms with Crippen LogP contribution in [0.4, 0.5) is 23.1 Å². The molecule has 0 spiro atoms. The number of hydrogen-bond acceptors (Lipinski definition) is 7. The Kier molecular flexibility index (Phi) is 5.94. The van der Waals surface area contributed by atoms with Crippen molar-refractivity contribution in [2.45, 2.75) is 32.6 Å². The standard InChI is InChI=1S/C22H31N7/c1-15-10-21(27-19-6-7-20(24)18(11-19)12-23)28-22(26-15)29-9-3-5-17(14-29)16-4-2-8-25-13-16/h6-7,10-12,16-17,23,25H,2-5,8-9,13-14,24H2,1H3,(H,26,27,28). The Labute approximate surface area is 172 Å². The van der Waals surface area contributed by atoms with Gasteiger partial charge in [-0.05, 0) is 75.7 Å². The van der Waals surface area contributed by atoms with Gasteiger partial charge in [-0.3, -0.25) is 0 Å². The van der Waals surface area contributed by atoms with Gasteiger partial charge in [-0.15, -0.1) is 0 Å². The molecule has 7 heteroatoms. The van der Waals surface area contributed by atoms with Crippen molar-refractivity contribution in [2.24, 2.45) is 11.8 Å². The van der Waals surface area contributed by atoms with Crippen LogP contribution in [0.5, 0.6) is 0 Å². The highest BCUT2D eigenvalue weighted by Crippen LogP contribution is 2.30. The second-order valence-electron chi connectivity index (χ2n) is 8.26. The molecule has 2 aliphatic heterocycles. The molecule has 0 amide bonds. The highest BCUT2D eigenvalue weighted by Gasteiger charge is 2.29. The Morgan fingerprint density at radius 3 is 2.86 bits per heavy atom. The van der Waals surface area contributed by atoms with Crippen molar-refractivity contribution in [2.75, 3.05) is 42.1 Å². The van der Waals surface area contributed by atoms with Crippen LogP contribution in [0.3, 0.4) is 0 Å². The number of rotatable bonds is 5. The molecule has 2 atom stereocenters. The van der Waals surface area contributed by atoms with Gasteiger partial charge in [0.1, 0.15) is 5.82 Å². The number of nitrogen functional groups attached to an aromatic ring is 1. The van der Waals surface area contributed by atoms with Crippen molar-refractivity contribution in [1.29, 1.82) is 5.41 Å². The topological polar surface area (TPSA) is 103 Å². The molecular formula is C22H31N7. The number of benzene rings is 1. The first-order chi connectivity index (χ1) is 14.1. The fourth-order valence-electron chi connectivity index (χ4n) is 4.54. The molecule has 0 radical (unpaired) electrons. The molecule has 0 aliphatic carbocycles. The molecule has 3 heterocycles. The van der Waals surface area contributed by atoms with Crippen molar-refractivity contribution >= 4 is 29.4 Å². The lowest BCUT2D eigenvalue weighted by Crippen LogP contribution is -2.43. The van der Waals surface area contributed by atoms with E-state index in [1.807, 2.05) is 31.2 Å². The van der Waals surface area contributed by atoms with Gasteiger partial charge in [-0.2, -0.15) is 4.98 Å². The van der Waals surface area contributed by atoms with Crippen LogP contribution >= 0.6 is 0 Å². The molecule has 2 fully saturated rings. The van der Waals surface area contributed by atoms with Crippen LogP contribution in [-0.2, 0) is 0 Å². The van der Waals surface area contributed by atoms with Crippen LogP contribution in [0.25, 0.3) is 0 Å². The van der Waals surface area contributed by atoms with Gasteiger partial charge >= 0.3 is 0 Å². The van der Waals surface area contributed by atoms with Crippen molar-refractivity contribution in [3.8, 4) is 0 Å². The van der Waals surface area contributed by atoms with Crippen LogP contribution in [0, 0.1) is 24.2 Å². The number of nitrogens with one attached hydrogen (secondary N) is 3. The summed E-state index contributed by atoms with van der Waals surface area (Å²) in [6, 6.07) is 7.54. The quantitative estimate of drug-likeness (QED) is 0.459. The number of anilines is 4. The van der Waals surface area contributed by atoms with E-state index in [0.717, 1.165) is 55.2 Å². The average Bonchev–Trinajstić information content (AvgIpc) is 2.75. The lowest BCUT2D eigenvalue weighted by Gasteiger charge is -2.38. The Balaban J connectivity index is 1.51. The molecule has 1 aromatic carbocycles. The number of piperidine rings is 2. The van der Waals surface area contributed by atoms with E-state index in [9.17, 15) is 0 Å². The van der Waals surface area contributed by atoms with Gasteiger partial charge in [-0.1, -0.05) is 0 Å². The monoisotopic (exact) mass is 393 g/mol. The molecule has 7 nitrogen and oxygen atoms in total. The average molecular weight is 394 g/mol. The highest BCUT2D eigenvalue weighted by molar-refractivity contribution is 5.87. The minimum absolute atomic E-state index is 0.599. The molecule has 2 aromatic rings. The van der Waals surface area contributed by atoms with E-state index < -0.39 is 0 Å². The maximum Gasteiger partial charge on any atom is 0.227 e. The Morgan fingerprint density at radius 1 is 1.21 bits per heavy atom.